The molecule has 0 unspecified atom stereocenters. The van der Waals surface area contributed by atoms with Crippen molar-refractivity contribution in [1.29, 1.82) is 0 Å². The highest BCUT2D eigenvalue weighted by Gasteiger charge is 2.26. The summed E-state index contributed by atoms with van der Waals surface area (Å²) in [6, 6.07) is 6.34. The van der Waals surface area contributed by atoms with Gasteiger partial charge in [0.25, 0.3) is 5.82 Å². The van der Waals surface area contributed by atoms with Crippen LogP contribution in [-0.2, 0) is 9.59 Å². The standard InChI is InChI=1S/C19H28N4O2/c24-18(21-16-6-2-1-3-7-16)9-10-19(25)23-14-12-22(13-15-23)17-8-4-5-11-20-17/h4-5,8,11,16H,1-3,6-7,9-10,12-15H2,(H,21,24)/p+1. The van der Waals surface area contributed by atoms with E-state index < -0.39 is 0 Å². The first kappa shape index (κ1) is 17.7. The monoisotopic (exact) mass is 345 g/mol. The zero-order chi connectivity index (χ0) is 17.5. The van der Waals surface area contributed by atoms with E-state index in [9.17, 15) is 9.59 Å². The maximum Gasteiger partial charge on any atom is 0.274 e. The van der Waals surface area contributed by atoms with Crippen molar-refractivity contribution in [3.05, 3.63) is 24.4 Å². The average Bonchev–Trinajstić information content (AvgIpc) is 2.68. The maximum atomic E-state index is 12.4. The molecule has 0 radical (unpaired) electrons. The predicted molar refractivity (Wildman–Crippen MR) is 96.0 cm³/mol. The van der Waals surface area contributed by atoms with Crippen LogP contribution in [0.5, 0.6) is 0 Å². The molecule has 2 fully saturated rings. The van der Waals surface area contributed by atoms with Crippen molar-refractivity contribution >= 4 is 17.6 Å². The molecule has 6 nitrogen and oxygen atoms in total. The van der Waals surface area contributed by atoms with Crippen LogP contribution in [0, 0.1) is 0 Å². The molecule has 2 heterocycles. The van der Waals surface area contributed by atoms with Crippen LogP contribution in [0.25, 0.3) is 0 Å². The largest absolute Gasteiger partial charge is 0.353 e. The molecular formula is C19H29N4O2+. The zero-order valence-corrected chi connectivity index (χ0v) is 14.9. The molecule has 2 aliphatic rings. The Bertz CT molecular complexity index is 564. The van der Waals surface area contributed by atoms with Crippen molar-refractivity contribution in [3.63, 3.8) is 0 Å². The van der Waals surface area contributed by atoms with Gasteiger partial charge in [-0.3, -0.25) is 14.5 Å². The zero-order valence-electron chi connectivity index (χ0n) is 14.9. The Hall–Kier alpha value is -2.11. The van der Waals surface area contributed by atoms with Gasteiger partial charge in [-0.25, -0.2) is 4.98 Å². The minimum absolute atomic E-state index is 0.0257. The summed E-state index contributed by atoms with van der Waals surface area (Å²) in [4.78, 5) is 31.8. The van der Waals surface area contributed by atoms with Gasteiger partial charge in [-0.05, 0) is 18.9 Å². The fourth-order valence-electron chi connectivity index (χ4n) is 3.70. The number of anilines is 1. The number of rotatable bonds is 5. The topological polar surface area (TPSA) is 66.8 Å². The summed E-state index contributed by atoms with van der Waals surface area (Å²) in [7, 11) is 0. The third-order valence-electron chi connectivity index (χ3n) is 5.20. The summed E-state index contributed by atoms with van der Waals surface area (Å²) < 4.78 is 0. The van der Waals surface area contributed by atoms with Gasteiger partial charge >= 0.3 is 0 Å². The van der Waals surface area contributed by atoms with Crippen molar-refractivity contribution in [3.8, 4) is 0 Å². The van der Waals surface area contributed by atoms with Gasteiger partial charge in [0, 0.05) is 24.9 Å². The van der Waals surface area contributed by atoms with E-state index in [0.717, 1.165) is 31.7 Å². The lowest BCUT2D eigenvalue weighted by Crippen LogP contribution is -2.50. The predicted octanol–water partition coefficient (Wildman–Crippen LogP) is 1.38. The van der Waals surface area contributed by atoms with Crippen LogP contribution >= 0.6 is 0 Å². The molecular weight excluding hydrogens is 316 g/mol. The van der Waals surface area contributed by atoms with Crippen LogP contribution < -0.4 is 15.2 Å². The van der Waals surface area contributed by atoms with E-state index in [-0.39, 0.29) is 11.8 Å². The number of aromatic nitrogens is 1. The Balaban J connectivity index is 1.37. The number of amides is 2. The molecule has 0 atom stereocenters. The van der Waals surface area contributed by atoms with E-state index in [1.165, 1.54) is 19.3 Å². The third-order valence-corrected chi connectivity index (χ3v) is 5.20. The number of aromatic amines is 1. The van der Waals surface area contributed by atoms with Gasteiger partial charge in [0.2, 0.25) is 11.8 Å². The molecule has 2 N–H and O–H groups in total. The SMILES string of the molecule is O=C(CCC(=O)N1CCN(c2cccc[nH+]2)CC1)NC1CCCCC1. The van der Waals surface area contributed by atoms with Crippen molar-refractivity contribution in [2.75, 3.05) is 31.1 Å². The van der Waals surface area contributed by atoms with Gasteiger partial charge in [0.1, 0.15) is 13.1 Å². The second-order valence-corrected chi connectivity index (χ2v) is 7.02. The number of H-pyrrole nitrogens is 1. The van der Waals surface area contributed by atoms with Crippen LogP contribution in [0.2, 0.25) is 0 Å². The Morgan fingerprint density at radius 2 is 1.80 bits per heavy atom. The highest BCUT2D eigenvalue weighted by Crippen LogP contribution is 2.17. The van der Waals surface area contributed by atoms with Crippen molar-refractivity contribution < 1.29 is 14.6 Å². The number of nitrogens with one attached hydrogen (secondary N) is 2. The molecule has 1 saturated carbocycles. The lowest BCUT2D eigenvalue weighted by atomic mass is 9.95. The number of hydrogen-bond acceptors (Lipinski definition) is 3. The number of carbonyl (C=O) groups is 2. The molecule has 6 heteroatoms. The summed E-state index contributed by atoms with van der Waals surface area (Å²) in [5.74, 6) is 1.20. The molecule has 1 aromatic heterocycles. The van der Waals surface area contributed by atoms with Crippen LogP contribution in [0.3, 0.4) is 0 Å². The number of carbonyl (C=O) groups excluding carboxylic acids is 2. The Kier molecular flexibility index (Phi) is 6.25. The van der Waals surface area contributed by atoms with E-state index in [0.29, 0.717) is 32.0 Å². The first-order chi connectivity index (χ1) is 12.2. The first-order valence-corrected chi connectivity index (χ1v) is 9.51. The third kappa shape index (κ3) is 5.18. The summed E-state index contributed by atoms with van der Waals surface area (Å²) in [5, 5.41) is 3.08. The number of piperazine rings is 1. The molecule has 1 aliphatic heterocycles. The second kappa shape index (κ2) is 8.83. The van der Waals surface area contributed by atoms with Crippen LogP contribution in [0.15, 0.2) is 24.4 Å². The maximum absolute atomic E-state index is 12.4. The normalized spacial score (nSPS) is 18.9. The molecule has 25 heavy (non-hydrogen) atoms. The van der Waals surface area contributed by atoms with Crippen LogP contribution in [0.4, 0.5) is 5.82 Å². The fraction of sp³-hybridized carbons (Fsp3) is 0.632. The van der Waals surface area contributed by atoms with E-state index >= 15 is 0 Å². The van der Waals surface area contributed by atoms with Gasteiger partial charge in [0.05, 0.1) is 19.3 Å². The smallest absolute Gasteiger partial charge is 0.274 e. The lowest BCUT2D eigenvalue weighted by molar-refractivity contribution is -0.364. The molecule has 136 valence electrons. The molecule has 0 bridgehead atoms. The Labute approximate surface area is 149 Å². The Morgan fingerprint density at radius 3 is 2.48 bits per heavy atom. The number of nitrogens with zero attached hydrogens (tertiary/aromatic N) is 2. The lowest BCUT2D eigenvalue weighted by Gasteiger charge is -2.31. The van der Waals surface area contributed by atoms with Gasteiger partial charge in [-0.2, -0.15) is 0 Å². The van der Waals surface area contributed by atoms with E-state index in [2.05, 4.69) is 15.2 Å². The summed E-state index contributed by atoms with van der Waals surface area (Å²) >= 11 is 0. The summed E-state index contributed by atoms with van der Waals surface area (Å²) in [5.41, 5.74) is 0. The molecule has 1 aliphatic carbocycles. The van der Waals surface area contributed by atoms with E-state index in [1.807, 2.05) is 29.3 Å². The van der Waals surface area contributed by atoms with Gasteiger partial charge < -0.3 is 10.2 Å². The number of hydrogen-bond donors (Lipinski definition) is 1. The highest BCUT2D eigenvalue weighted by molar-refractivity contribution is 5.84. The summed E-state index contributed by atoms with van der Waals surface area (Å²) in [6.45, 7) is 3.07. The highest BCUT2D eigenvalue weighted by atomic mass is 16.2. The molecule has 2 amide bonds. The number of pyridine rings is 1. The van der Waals surface area contributed by atoms with Crippen LogP contribution in [0.1, 0.15) is 44.9 Å². The van der Waals surface area contributed by atoms with Crippen molar-refractivity contribution in [2.24, 2.45) is 0 Å². The fourth-order valence-corrected chi connectivity index (χ4v) is 3.70. The first-order valence-electron chi connectivity index (χ1n) is 9.51. The Morgan fingerprint density at radius 1 is 1.04 bits per heavy atom. The quantitative estimate of drug-likeness (QED) is 0.877. The van der Waals surface area contributed by atoms with Gasteiger partial charge in [0.15, 0.2) is 0 Å². The summed E-state index contributed by atoms with van der Waals surface area (Å²) in [6.07, 6.45) is 8.38. The van der Waals surface area contributed by atoms with Gasteiger partial charge in [-0.15, -0.1) is 0 Å². The van der Waals surface area contributed by atoms with E-state index in [1.54, 1.807) is 0 Å². The van der Waals surface area contributed by atoms with E-state index in [4.69, 9.17) is 0 Å². The van der Waals surface area contributed by atoms with Crippen LogP contribution in [-0.4, -0.2) is 48.9 Å². The van der Waals surface area contributed by atoms with Crippen molar-refractivity contribution in [1.82, 2.24) is 10.2 Å². The second-order valence-electron chi connectivity index (χ2n) is 7.02. The average molecular weight is 345 g/mol. The minimum atomic E-state index is 0.0257. The molecule has 0 aromatic carbocycles. The molecule has 1 aromatic rings. The van der Waals surface area contributed by atoms with Crippen molar-refractivity contribution in [2.45, 2.75) is 51.0 Å². The molecule has 3 rings (SSSR count). The van der Waals surface area contributed by atoms with Gasteiger partial charge in [-0.1, -0.05) is 25.3 Å². The molecule has 1 saturated heterocycles. The molecule has 0 spiro atoms. The minimum Gasteiger partial charge on any atom is -0.353 e.